The van der Waals surface area contributed by atoms with E-state index < -0.39 is 11.6 Å². The average molecular weight is 342 g/mol. The standard InChI is InChI=1S/C12H6BrF2N3S/c13-6-1-10-11(16-5-6)18(12(19)17-10)9-3-7(14)2-8(15)4-9/h1-5H,(H,17,19). The van der Waals surface area contributed by atoms with Crippen LogP contribution in [0.3, 0.4) is 0 Å². The number of hydrogen-bond donors (Lipinski definition) is 1. The summed E-state index contributed by atoms with van der Waals surface area (Å²) >= 11 is 8.47. The number of pyridine rings is 1. The van der Waals surface area contributed by atoms with Crippen molar-refractivity contribution in [1.29, 1.82) is 0 Å². The summed E-state index contributed by atoms with van der Waals surface area (Å²) in [4.78, 5) is 7.16. The summed E-state index contributed by atoms with van der Waals surface area (Å²) in [6, 6.07) is 5.02. The first-order chi connectivity index (χ1) is 9.04. The second-order valence-electron chi connectivity index (χ2n) is 3.92. The lowest BCUT2D eigenvalue weighted by atomic mass is 10.3. The largest absolute Gasteiger partial charge is 0.329 e. The van der Waals surface area contributed by atoms with Crippen molar-refractivity contribution in [1.82, 2.24) is 14.5 Å². The average Bonchev–Trinajstić information content (AvgIpc) is 2.62. The molecule has 0 bridgehead atoms. The Morgan fingerprint density at radius 1 is 1.16 bits per heavy atom. The molecular formula is C12H6BrF2N3S. The normalized spacial score (nSPS) is 11.1. The van der Waals surface area contributed by atoms with Gasteiger partial charge in [-0.1, -0.05) is 0 Å². The molecule has 0 radical (unpaired) electrons. The fraction of sp³-hybridized carbons (Fsp3) is 0. The highest BCUT2D eigenvalue weighted by molar-refractivity contribution is 9.10. The second-order valence-corrected chi connectivity index (χ2v) is 5.22. The smallest absolute Gasteiger partial charge is 0.184 e. The predicted molar refractivity (Wildman–Crippen MR) is 73.9 cm³/mol. The molecule has 0 atom stereocenters. The molecule has 1 N–H and O–H groups in total. The van der Waals surface area contributed by atoms with Crippen molar-refractivity contribution in [2.75, 3.05) is 0 Å². The zero-order chi connectivity index (χ0) is 13.6. The lowest BCUT2D eigenvalue weighted by molar-refractivity contribution is 0.581. The maximum absolute atomic E-state index is 13.3. The van der Waals surface area contributed by atoms with Gasteiger partial charge < -0.3 is 4.98 Å². The third-order valence-electron chi connectivity index (χ3n) is 2.60. The number of H-pyrrole nitrogens is 1. The zero-order valence-corrected chi connectivity index (χ0v) is 11.7. The Labute approximate surface area is 120 Å². The minimum atomic E-state index is -0.664. The van der Waals surface area contributed by atoms with Crippen LogP contribution in [0.5, 0.6) is 0 Å². The fourth-order valence-corrected chi connectivity index (χ4v) is 2.51. The predicted octanol–water partition coefficient (Wildman–Crippen LogP) is 4.12. The van der Waals surface area contributed by atoms with Gasteiger partial charge in [0.05, 0.1) is 11.2 Å². The summed E-state index contributed by atoms with van der Waals surface area (Å²) in [5, 5.41) is 0. The summed E-state index contributed by atoms with van der Waals surface area (Å²) in [6.45, 7) is 0. The van der Waals surface area contributed by atoms with Crippen LogP contribution in [0.2, 0.25) is 0 Å². The lowest BCUT2D eigenvalue weighted by Gasteiger charge is -2.04. The highest BCUT2D eigenvalue weighted by Gasteiger charge is 2.10. The number of rotatable bonds is 1. The van der Waals surface area contributed by atoms with Crippen molar-refractivity contribution in [3.8, 4) is 5.69 Å². The third-order valence-corrected chi connectivity index (χ3v) is 3.31. The van der Waals surface area contributed by atoms with Crippen LogP contribution in [0.1, 0.15) is 0 Å². The number of halogens is 3. The van der Waals surface area contributed by atoms with Crippen molar-refractivity contribution in [2.45, 2.75) is 0 Å². The van der Waals surface area contributed by atoms with E-state index >= 15 is 0 Å². The highest BCUT2D eigenvalue weighted by atomic mass is 79.9. The SMILES string of the molecule is Fc1cc(F)cc(-n2c(=S)[nH]c3cc(Br)cnc32)c1. The van der Waals surface area contributed by atoms with Gasteiger partial charge in [-0.15, -0.1) is 0 Å². The molecule has 0 saturated carbocycles. The van der Waals surface area contributed by atoms with Crippen LogP contribution in [-0.4, -0.2) is 14.5 Å². The molecule has 3 nitrogen and oxygen atoms in total. The van der Waals surface area contributed by atoms with Gasteiger partial charge in [0.25, 0.3) is 0 Å². The zero-order valence-electron chi connectivity index (χ0n) is 9.32. The van der Waals surface area contributed by atoms with Gasteiger partial charge in [-0.2, -0.15) is 0 Å². The summed E-state index contributed by atoms with van der Waals surface area (Å²) < 4.78 is 29.2. The molecule has 3 rings (SSSR count). The molecule has 0 spiro atoms. The molecule has 0 fully saturated rings. The van der Waals surface area contributed by atoms with E-state index in [1.165, 1.54) is 16.7 Å². The number of nitrogens with zero attached hydrogens (tertiary/aromatic N) is 2. The molecule has 0 aliphatic carbocycles. The molecule has 0 saturated heterocycles. The maximum Gasteiger partial charge on any atom is 0.184 e. The molecular weight excluding hydrogens is 336 g/mol. The summed E-state index contributed by atoms with van der Waals surface area (Å²) in [7, 11) is 0. The molecule has 0 unspecified atom stereocenters. The number of aromatic nitrogens is 3. The van der Waals surface area contributed by atoms with Gasteiger partial charge in [0.15, 0.2) is 10.4 Å². The first-order valence-electron chi connectivity index (χ1n) is 5.27. The minimum absolute atomic E-state index is 0.295. The topological polar surface area (TPSA) is 33.6 Å². The van der Waals surface area contributed by atoms with E-state index in [4.69, 9.17) is 12.2 Å². The molecule has 0 aliphatic heterocycles. The molecule has 2 aromatic heterocycles. The molecule has 1 aromatic carbocycles. The molecule has 0 aliphatic rings. The lowest BCUT2D eigenvalue weighted by Crippen LogP contribution is -1.97. The number of hydrogen-bond acceptors (Lipinski definition) is 2. The van der Waals surface area contributed by atoms with E-state index in [1.54, 1.807) is 12.3 Å². The molecule has 3 aromatic rings. The number of aromatic amines is 1. The van der Waals surface area contributed by atoms with Gasteiger partial charge in [-0.25, -0.2) is 13.8 Å². The van der Waals surface area contributed by atoms with Gasteiger partial charge in [0.1, 0.15) is 11.6 Å². The van der Waals surface area contributed by atoms with Crippen LogP contribution >= 0.6 is 28.1 Å². The van der Waals surface area contributed by atoms with Crippen LogP contribution in [0.15, 0.2) is 34.9 Å². The summed E-state index contributed by atoms with van der Waals surface area (Å²) in [5.74, 6) is -1.33. The monoisotopic (exact) mass is 341 g/mol. The second kappa shape index (κ2) is 4.50. The van der Waals surface area contributed by atoms with Gasteiger partial charge in [0, 0.05) is 16.7 Å². The van der Waals surface area contributed by atoms with E-state index in [9.17, 15) is 8.78 Å². The number of fused-ring (bicyclic) bond motifs is 1. The molecule has 2 heterocycles. The van der Waals surface area contributed by atoms with Gasteiger partial charge in [-0.3, -0.25) is 4.57 Å². The molecule has 19 heavy (non-hydrogen) atoms. The molecule has 96 valence electrons. The van der Waals surface area contributed by atoms with Crippen LogP contribution in [0, 0.1) is 16.4 Å². The van der Waals surface area contributed by atoms with E-state index in [-0.39, 0.29) is 0 Å². The highest BCUT2D eigenvalue weighted by Crippen LogP contribution is 2.21. The Hall–Kier alpha value is -1.60. The number of benzene rings is 1. The first-order valence-corrected chi connectivity index (χ1v) is 6.47. The fourth-order valence-electron chi connectivity index (χ4n) is 1.88. The number of imidazole rings is 1. The van der Waals surface area contributed by atoms with Crippen molar-refractivity contribution in [3.63, 3.8) is 0 Å². The maximum atomic E-state index is 13.3. The van der Waals surface area contributed by atoms with Gasteiger partial charge in [0.2, 0.25) is 0 Å². The van der Waals surface area contributed by atoms with Crippen LogP contribution in [0.25, 0.3) is 16.9 Å². The quantitative estimate of drug-likeness (QED) is 0.675. The van der Waals surface area contributed by atoms with Crippen LogP contribution < -0.4 is 0 Å². The Bertz CT molecular complexity index is 820. The van der Waals surface area contributed by atoms with Crippen LogP contribution in [-0.2, 0) is 0 Å². The van der Waals surface area contributed by atoms with Crippen molar-refractivity contribution in [3.05, 3.63) is 51.3 Å². The first kappa shape index (κ1) is 12.4. The Morgan fingerprint density at radius 2 is 1.84 bits per heavy atom. The van der Waals surface area contributed by atoms with Crippen LogP contribution in [0.4, 0.5) is 8.78 Å². The Morgan fingerprint density at radius 3 is 2.53 bits per heavy atom. The Balaban J connectivity index is 2.36. The summed E-state index contributed by atoms with van der Waals surface area (Å²) in [5.41, 5.74) is 1.49. The minimum Gasteiger partial charge on any atom is -0.329 e. The third kappa shape index (κ3) is 2.19. The van der Waals surface area contributed by atoms with E-state index in [2.05, 4.69) is 25.9 Å². The van der Waals surface area contributed by atoms with Gasteiger partial charge >= 0.3 is 0 Å². The van der Waals surface area contributed by atoms with Crippen molar-refractivity contribution >= 4 is 39.3 Å². The van der Waals surface area contributed by atoms with Gasteiger partial charge in [-0.05, 0) is 46.3 Å². The van der Waals surface area contributed by atoms with E-state index in [0.717, 1.165) is 10.5 Å². The van der Waals surface area contributed by atoms with Crippen molar-refractivity contribution < 1.29 is 8.78 Å². The Kier molecular flexibility index (Phi) is 2.94. The molecule has 7 heteroatoms. The molecule has 0 amide bonds. The summed E-state index contributed by atoms with van der Waals surface area (Å²) in [6.07, 6.45) is 1.59. The number of nitrogens with one attached hydrogen (secondary N) is 1. The van der Waals surface area contributed by atoms with E-state index in [0.29, 0.717) is 21.6 Å². The van der Waals surface area contributed by atoms with Crippen molar-refractivity contribution in [2.24, 2.45) is 0 Å². The van der Waals surface area contributed by atoms with E-state index in [1.807, 2.05) is 0 Å².